The highest BCUT2D eigenvalue weighted by Crippen LogP contribution is 2.40. The average Bonchev–Trinajstić information content (AvgIpc) is 2.95. The van der Waals surface area contributed by atoms with Crippen LogP contribution in [-0.4, -0.2) is 0 Å². The lowest BCUT2D eigenvalue weighted by atomic mass is 9.89. The van der Waals surface area contributed by atoms with Crippen molar-refractivity contribution in [1.82, 2.24) is 0 Å². The number of fused-ring (bicyclic) bond motifs is 10. The quantitative estimate of drug-likeness (QED) is 0.216. The van der Waals surface area contributed by atoms with Crippen molar-refractivity contribution in [1.29, 1.82) is 0 Å². The van der Waals surface area contributed by atoms with Crippen LogP contribution in [0.3, 0.4) is 0 Å². The first-order valence-electron chi connectivity index (χ1n) is 12.5. The largest absolute Gasteiger partial charge is 0.0616 e. The van der Waals surface area contributed by atoms with E-state index in [1.807, 2.05) is 0 Å². The van der Waals surface area contributed by atoms with Crippen molar-refractivity contribution >= 4 is 64.6 Å². The van der Waals surface area contributed by atoms with Crippen LogP contribution in [0.5, 0.6) is 0 Å². The van der Waals surface area contributed by atoms with Gasteiger partial charge in [0.25, 0.3) is 0 Å². The number of rotatable bonds is 1. The Bertz CT molecular complexity index is 1990. The molecule has 0 saturated carbocycles. The van der Waals surface area contributed by atoms with Gasteiger partial charge in [-0.2, -0.15) is 0 Å². The minimum absolute atomic E-state index is 1.29. The summed E-state index contributed by atoms with van der Waals surface area (Å²) < 4.78 is 0. The van der Waals surface area contributed by atoms with Crippen LogP contribution in [0.15, 0.2) is 133 Å². The average molecular weight is 455 g/mol. The predicted octanol–water partition coefficient (Wildman–Crippen LogP) is 10.3. The van der Waals surface area contributed by atoms with E-state index >= 15 is 0 Å². The van der Waals surface area contributed by atoms with Gasteiger partial charge in [-0.05, 0) is 75.8 Å². The molecule has 0 aromatic heterocycles. The van der Waals surface area contributed by atoms with Gasteiger partial charge in [0, 0.05) is 0 Å². The molecule has 0 amide bonds. The molecule has 0 fully saturated rings. The maximum Gasteiger partial charge on any atom is -0.00987 e. The second kappa shape index (κ2) is 7.41. The third-order valence-electron chi connectivity index (χ3n) is 7.86. The lowest BCUT2D eigenvalue weighted by Gasteiger charge is -2.14. The van der Waals surface area contributed by atoms with Crippen molar-refractivity contribution < 1.29 is 0 Å². The lowest BCUT2D eigenvalue weighted by molar-refractivity contribution is 1.71. The monoisotopic (exact) mass is 454 g/mol. The molecule has 0 spiro atoms. The van der Waals surface area contributed by atoms with Gasteiger partial charge in [0.1, 0.15) is 0 Å². The van der Waals surface area contributed by atoms with Crippen LogP contribution >= 0.6 is 0 Å². The second-order valence-electron chi connectivity index (χ2n) is 9.70. The normalized spacial score (nSPS) is 11.9. The Labute approximate surface area is 209 Å². The van der Waals surface area contributed by atoms with Crippen molar-refractivity contribution in [3.8, 4) is 11.1 Å². The molecule has 8 aromatic rings. The van der Waals surface area contributed by atoms with Crippen molar-refractivity contribution in [2.24, 2.45) is 0 Å². The van der Waals surface area contributed by atoms with Gasteiger partial charge in [-0.15, -0.1) is 0 Å². The molecule has 0 unspecified atom stereocenters. The maximum absolute atomic E-state index is 2.31. The molecule has 0 atom stereocenters. The van der Waals surface area contributed by atoms with E-state index in [-0.39, 0.29) is 0 Å². The third-order valence-corrected chi connectivity index (χ3v) is 7.86. The Kier molecular flexibility index (Phi) is 4.03. The highest BCUT2D eigenvalue weighted by molar-refractivity contribution is 6.22. The summed E-state index contributed by atoms with van der Waals surface area (Å²) in [5.74, 6) is 0. The molecule has 0 radical (unpaired) electrons. The van der Waals surface area contributed by atoms with Gasteiger partial charge in [0.15, 0.2) is 0 Å². The summed E-state index contributed by atoms with van der Waals surface area (Å²) in [5, 5.41) is 15.6. The summed E-state index contributed by atoms with van der Waals surface area (Å²) >= 11 is 0. The van der Waals surface area contributed by atoms with Gasteiger partial charge in [0.05, 0.1) is 0 Å². The molecular formula is C36H22. The zero-order valence-corrected chi connectivity index (χ0v) is 19.7. The van der Waals surface area contributed by atoms with Crippen LogP contribution in [0, 0.1) is 0 Å². The molecule has 36 heavy (non-hydrogen) atoms. The van der Waals surface area contributed by atoms with Crippen molar-refractivity contribution in [2.45, 2.75) is 0 Å². The summed E-state index contributed by atoms with van der Waals surface area (Å²) in [5.41, 5.74) is 2.57. The molecule has 166 valence electrons. The van der Waals surface area contributed by atoms with E-state index in [4.69, 9.17) is 0 Å². The summed E-state index contributed by atoms with van der Waals surface area (Å²) in [7, 11) is 0. The van der Waals surface area contributed by atoms with Gasteiger partial charge in [-0.1, -0.05) is 133 Å². The zero-order valence-electron chi connectivity index (χ0n) is 19.7. The van der Waals surface area contributed by atoms with Crippen LogP contribution in [0.4, 0.5) is 0 Å². The van der Waals surface area contributed by atoms with Crippen LogP contribution in [0.25, 0.3) is 75.8 Å². The Morgan fingerprint density at radius 1 is 0.194 bits per heavy atom. The van der Waals surface area contributed by atoms with Crippen molar-refractivity contribution in [3.63, 3.8) is 0 Å². The first-order valence-corrected chi connectivity index (χ1v) is 12.5. The Hall–Kier alpha value is -4.68. The van der Waals surface area contributed by atoms with Crippen LogP contribution in [0.2, 0.25) is 0 Å². The predicted molar refractivity (Wildman–Crippen MR) is 157 cm³/mol. The first-order chi connectivity index (χ1) is 17.9. The molecule has 0 heteroatoms. The molecule has 8 aromatic carbocycles. The molecule has 0 bridgehead atoms. The standard InChI is InChI=1S/C36H22/c1-3-9-25-23(7-1)15-17-33-29-13-5-11-27(35(29)21-19-31(25)33)28-12-6-14-30-34-18-16-24-8-2-4-10-26(24)32(34)20-22-36(28)30/h1-22H. The topological polar surface area (TPSA) is 0 Å². The van der Waals surface area contributed by atoms with Crippen LogP contribution in [-0.2, 0) is 0 Å². The number of hydrogen-bond acceptors (Lipinski definition) is 0. The molecular weight excluding hydrogens is 432 g/mol. The van der Waals surface area contributed by atoms with E-state index in [1.165, 1.54) is 75.8 Å². The first kappa shape index (κ1) is 19.6. The highest BCUT2D eigenvalue weighted by Gasteiger charge is 2.12. The molecule has 0 aliphatic heterocycles. The van der Waals surface area contributed by atoms with Gasteiger partial charge in [-0.25, -0.2) is 0 Å². The molecule has 0 heterocycles. The van der Waals surface area contributed by atoms with Gasteiger partial charge in [0.2, 0.25) is 0 Å². The highest BCUT2D eigenvalue weighted by atomic mass is 14.2. The fourth-order valence-electron chi connectivity index (χ4n) is 6.18. The lowest BCUT2D eigenvalue weighted by Crippen LogP contribution is -1.87. The summed E-state index contributed by atoms with van der Waals surface area (Å²) in [6.45, 7) is 0. The van der Waals surface area contributed by atoms with Gasteiger partial charge >= 0.3 is 0 Å². The minimum atomic E-state index is 1.29. The Morgan fingerprint density at radius 3 is 1.03 bits per heavy atom. The van der Waals surface area contributed by atoms with Crippen molar-refractivity contribution in [2.75, 3.05) is 0 Å². The van der Waals surface area contributed by atoms with E-state index in [9.17, 15) is 0 Å². The summed E-state index contributed by atoms with van der Waals surface area (Å²) in [6.07, 6.45) is 0. The number of benzene rings is 8. The van der Waals surface area contributed by atoms with E-state index in [1.54, 1.807) is 0 Å². The fourth-order valence-corrected chi connectivity index (χ4v) is 6.18. The molecule has 0 saturated heterocycles. The maximum atomic E-state index is 2.31. The van der Waals surface area contributed by atoms with E-state index < -0.39 is 0 Å². The molecule has 0 N–H and O–H groups in total. The van der Waals surface area contributed by atoms with Gasteiger partial charge in [-0.3, -0.25) is 0 Å². The van der Waals surface area contributed by atoms with Gasteiger partial charge < -0.3 is 0 Å². The van der Waals surface area contributed by atoms with E-state index in [0.717, 1.165) is 0 Å². The van der Waals surface area contributed by atoms with E-state index in [0.29, 0.717) is 0 Å². The van der Waals surface area contributed by atoms with Crippen LogP contribution < -0.4 is 0 Å². The molecule has 0 aliphatic carbocycles. The smallest absolute Gasteiger partial charge is 0.00987 e. The minimum Gasteiger partial charge on any atom is -0.0616 e. The summed E-state index contributed by atoms with van der Waals surface area (Å²) in [6, 6.07) is 49.1. The van der Waals surface area contributed by atoms with E-state index in [2.05, 4.69) is 133 Å². The van der Waals surface area contributed by atoms with Crippen molar-refractivity contribution in [3.05, 3.63) is 133 Å². The Balaban J connectivity index is 1.44. The SMILES string of the molecule is c1ccc2c(c1)ccc1c3cccc(-c4cccc5c4ccc4c6ccccc6ccc54)c3ccc21. The fraction of sp³-hybridized carbons (Fsp3) is 0. The summed E-state index contributed by atoms with van der Waals surface area (Å²) in [4.78, 5) is 0. The molecule has 0 aliphatic rings. The molecule has 8 rings (SSSR count). The second-order valence-corrected chi connectivity index (χ2v) is 9.70. The zero-order chi connectivity index (χ0) is 23.6. The molecule has 0 nitrogen and oxygen atoms in total. The third kappa shape index (κ3) is 2.70. The Morgan fingerprint density at radius 2 is 0.528 bits per heavy atom. The number of hydrogen-bond donors (Lipinski definition) is 0. The van der Waals surface area contributed by atoms with Crippen LogP contribution in [0.1, 0.15) is 0 Å².